The van der Waals surface area contributed by atoms with Crippen LogP contribution in [0.15, 0.2) is 46.8 Å². The molecule has 29 heavy (non-hydrogen) atoms. The Kier molecular flexibility index (Phi) is 6.46. The third-order valence-corrected chi connectivity index (χ3v) is 4.12. The number of nitro benzene ring substituents is 1. The average molecular weight is 399 g/mol. The van der Waals surface area contributed by atoms with E-state index < -0.39 is 35.2 Å². The number of nitro groups is 1. The highest BCUT2D eigenvalue weighted by molar-refractivity contribution is 6.01. The van der Waals surface area contributed by atoms with Crippen LogP contribution in [0.25, 0.3) is 0 Å². The van der Waals surface area contributed by atoms with E-state index >= 15 is 0 Å². The van der Waals surface area contributed by atoms with Crippen molar-refractivity contribution in [3.63, 3.8) is 0 Å². The molecule has 10 heteroatoms. The van der Waals surface area contributed by atoms with E-state index in [-0.39, 0.29) is 33.8 Å². The zero-order valence-corrected chi connectivity index (χ0v) is 15.8. The van der Waals surface area contributed by atoms with Gasteiger partial charge in [-0.2, -0.15) is 5.26 Å². The molecule has 1 aliphatic rings. The van der Waals surface area contributed by atoms with Crippen LogP contribution in [0.1, 0.15) is 25.3 Å². The Morgan fingerprint density at radius 2 is 1.97 bits per heavy atom. The molecule has 0 aromatic heterocycles. The van der Waals surface area contributed by atoms with Crippen molar-refractivity contribution in [2.24, 2.45) is 0 Å². The molecule has 0 amide bonds. The summed E-state index contributed by atoms with van der Waals surface area (Å²) in [6.45, 7) is 2.24. The SMILES string of the molecule is COC(=O)C1=C(C#N)NC(C)=C(C(=O)OCC(C)=O)C1c1cccc([N+](=O)[O-])c1. The molecule has 0 spiro atoms. The Hall–Kier alpha value is -4.00. The second-order valence-electron chi connectivity index (χ2n) is 6.12. The largest absolute Gasteiger partial charge is 0.466 e. The fourth-order valence-electron chi connectivity index (χ4n) is 2.91. The van der Waals surface area contributed by atoms with Crippen molar-refractivity contribution in [1.29, 1.82) is 5.26 Å². The van der Waals surface area contributed by atoms with E-state index in [9.17, 15) is 29.8 Å². The Morgan fingerprint density at radius 1 is 1.28 bits per heavy atom. The Morgan fingerprint density at radius 3 is 2.52 bits per heavy atom. The lowest BCUT2D eigenvalue weighted by atomic mass is 9.80. The molecule has 0 bridgehead atoms. The molecule has 0 fully saturated rings. The van der Waals surface area contributed by atoms with E-state index in [4.69, 9.17) is 9.47 Å². The lowest BCUT2D eigenvalue weighted by Gasteiger charge is -2.29. The van der Waals surface area contributed by atoms with Crippen molar-refractivity contribution in [3.05, 3.63) is 62.5 Å². The number of allylic oxidation sites excluding steroid dienone is 2. The minimum atomic E-state index is -1.17. The van der Waals surface area contributed by atoms with Gasteiger partial charge in [0, 0.05) is 17.8 Å². The third kappa shape index (κ3) is 4.47. The summed E-state index contributed by atoms with van der Waals surface area (Å²) in [5.74, 6) is -3.36. The lowest BCUT2D eigenvalue weighted by molar-refractivity contribution is -0.384. The molecule has 0 aliphatic carbocycles. The summed E-state index contributed by atoms with van der Waals surface area (Å²) in [7, 11) is 1.10. The summed E-state index contributed by atoms with van der Waals surface area (Å²) in [4.78, 5) is 46.9. The van der Waals surface area contributed by atoms with Gasteiger partial charge in [-0.25, -0.2) is 9.59 Å². The maximum absolute atomic E-state index is 12.7. The Bertz CT molecular complexity index is 1000. The average Bonchev–Trinajstić information content (AvgIpc) is 2.70. The number of Topliss-reactive ketones (excluding diaryl/α,β-unsaturated/α-hetero) is 1. The first-order valence-corrected chi connectivity index (χ1v) is 8.32. The Labute approximate surface area is 165 Å². The number of rotatable bonds is 6. The molecular weight excluding hydrogens is 382 g/mol. The lowest BCUT2D eigenvalue weighted by Crippen LogP contribution is -2.33. The van der Waals surface area contributed by atoms with Gasteiger partial charge in [-0.15, -0.1) is 0 Å². The number of nitrogens with zero attached hydrogens (tertiary/aromatic N) is 2. The standard InChI is InChI=1S/C19H17N3O7/c1-10(23)9-29-19(25)15-11(2)21-14(8-20)17(18(24)28-3)16(15)12-5-4-6-13(7-12)22(26)27/h4-7,16,21H,9H2,1-3H3. The van der Waals surface area contributed by atoms with Gasteiger partial charge in [0.05, 0.1) is 29.1 Å². The second kappa shape index (κ2) is 8.79. The predicted molar refractivity (Wildman–Crippen MR) is 98.0 cm³/mol. The van der Waals surface area contributed by atoms with Crippen LogP contribution in [0.3, 0.4) is 0 Å². The topological polar surface area (TPSA) is 149 Å². The Balaban J connectivity index is 2.71. The molecule has 1 atom stereocenters. The number of non-ortho nitro benzene ring substituents is 1. The van der Waals surface area contributed by atoms with Crippen LogP contribution >= 0.6 is 0 Å². The number of hydrogen-bond acceptors (Lipinski definition) is 9. The monoisotopic (exact) mass is 399 g/mol. The fourth-order valence-corrected chi connectivity index (χ4v) is 2.91. The molecule has 0 saturated heterocycles. The summed E-state index contributed by atoms with van der Waals surface area (Å²) < 4.78 is 9.76. The first-order chi connectivity index (χ1) is 13.7. The first kappa shape index (κ1) is 21.3. The van der Waals surface area contributed by atoms with Crippen molar-refractivity contribution < 1.29 is 28.8 Å². The van der Waals surface area contributed by atoms with Crippen molar-refractivity contribution in [2.45, 2.75) is 19.8 Å². The van der Waals surface area contributed by atoms with Crippen molar-refractivity contribution >= 4 is 23.4 Å². The van der Waals surface area contributed by atoms with E-state index in [0.717, 1.165) is 7.11 Å². The number of nitrogens with one attached hydrogen (secondary N) is 1. The number of carbonyl (C=O) groups is 3. The van der Waals surface area contributed by atoms with Gasteiger partial charge in [-0.3, -0.25) is 14.9 Å². The molecule has 1 aliphatic heterocycles. The highest BCUT2D eigenvalue weighted by atomic mass is 16.6. The van der Waals surface area contributed by atoms with Gasteiger partial charge in [0.25, 0.3) is 5.69 Å². The van der Waals surface area contributed by atoms with Gasteiger partial charge in [0.15, 0.2) is 5.78 Å². The molecule has 1 heterocycles. The number of dihydropyridines is 1. The van der Waals surface area contributed by atoms with Crippen LogP contribution in [0, 0.1) is 21.4 Å². The molecular formula is C19H17N3O7. The van der Waals surface area contributed by atoms with Gasteiger partial charge in [-0.05, 0) is 19.4 Å². The summed E-state index contributed by atoms with van der Waals surface area (Å²) in [6, 6.07) is 7.16. The summed E-state index contributed by atoms with van der Waals surface area (Å²) >= 11 is 0. The quantitative estimate of drug-likeness (QED) is 0.428. The molecule has 10 nitrogen and oxygen atoms in total. The summed E-state index contributed by atoms with van der Waals surface area (Å²) in [5, 5.41) is 23.3. The highest BCUT2D eigenvalue weighted by Crippen LogP contribution is 2.40. The maximum atomic E-state index is 12.7. The highest BCUT2D eigenvalue weighted by Gasteiger charge is 2.39. The van der Waals surface area contributed by atoms with Crippen LogP contribution in [0.4, 0.5) is 5.69 Å². The molecule has 1 aromatic carbocycles. The minimum absolute atomic E-state index is 0.0638. The number of ketones is 1. The van der Waals surface area contributed by atoms with E-state index in [1.54, 1.807) is 0 Å². The predicted octanol–water partition coefficient (Wildman–Crippen LogP) is 1.64. The third-order valence-electron chi connectivity index (χ3n) is 4.12. The minimum Gasteiger partial charge on any atom is -0.466 e. The van der Waals surface area contributed by atoms with Gasteiger partial charge in [-0.1, -0.05) is 12.1 Å². The van der Waals surface area contributed by atoms with Gasteiger partial charge < -0.3 is 14.8 Å². The van der Waals surface area contributed by atoms with Gasteiger partial charge in [0.1, 0.15) is 18.4 Å². The number of carbonyl (C=O) groups excluding carboxylic acids is 3. The number of nitriles is 1. The number of benzene rings is 1. The molecule has 0 saturated carbocycles. The van der Waals surface area contributed by atoms with Crippen LogP contribution in [0.5, 0.6) is 0 Å². The zero-order valence-electron chi connectivity index (χ0n) is 15.8. The van der Waals surface area contributed by atoms with Crippen molar-refractivity contribution in [1.82, 2.24) is 5.32 Å². The molecule has 1 unspecified atom stereocenters. The zero-order chi connectivity index (χ0) is 21.7. The molecule has 2 rings (SSSR count). The number of esters is 2. The van der Waals surface area contributed by atoms with E-state index in [1.165, 1.54) is 38.1 Å². The maximum Gasteiger partial charge on any atom is 0.337 e. The van der Waals surface area contributed by atoms with Crippen LogP contribution in [-0.2, 0) is 23.9 Å². The summed E-state index contributed by atoms with van der Waals surface area (Å²) in [6.07, 6.45) is 0. The molecule has 1 N–H and O–H groups in total. The number of methoxy groups -OCH3 is 1. The molecule has 1 aromatic rings. The van der Waals surface area contributed by atoms with Crippen LogP contribution in [0.2, 0.25) is 0 Å². The molecule has 0 radical (unpaired) electrons. The fraction of sp³-hybridized carbons (Fsp3) is 0.263. The smallest absolute Gasteiger partial charge is 0.337 e. The van der Waals surface area contributed by atoms with Crippen molar-refractivity contribution in [2.75, 3.05) is 13.7 Å². The van der Waals surface area contributed by atoms with Crippen LogP contribution < -0.4 is 5.32 Å². The van der Waals surface area contributed by atoms with Crippen LogP contribution in [-0.4, -0.2) is 36.4 Å². The normalized spacial score (nSPS) is 15.9. The number of ether oxygens (including phenoxy) is 2. The second-order valence-corrected chi connectivity index (χ2v) is 6.12. The molecule has 150 valence electrons. The summed E-state index contributed by atoms with van der Waals surface area (Å²) in [5.41, 5.74) is -0.268. The van der Waals surface area contributed by atoms with Gasteiger partial charge in [0.2, 0.25) is 0 Å². The van der Waals surface area contributed by atoms with Crippen molar-refractivity contribution in [3.8, 4) is 6.07 Å². The van der Waals surface area contributed by atoms with E-state index in [0.29, 0.717) is 0 Å². The van der Waals surface area contributed by atoms with E-state index in [1.807, 2.05) is 6.07 Å². The van der Waals surface area contributed by atoms with Gasteiger partial charge >= 0.3 is 11.9 Å². The number of hydrogen-bond donors (Lipinski definition) is 1. The van der Waals surface area contributed by atoms with E-state index in [2.05, 4.69) is 5.32 Å². The first-order valence-electron chi connectivity index (χ1n) is 8.32.